The predicted molar refractivity (Wildman–Crippen MR) is 46.0 cm³/mol. The van der Waals surface area contributed by atoms with Crippen molar-refractivity contribution < 1.29 is 18.3 Å². The van der Waals surface area contributed by atoms with Crippen LogP contribution in [0.3, 0.4) is 0 Å². The Morgan fingerprint density at radius 2 is 2.08 bits per heavy atom. The molecular weight excluding hydrogens is 194 g/mol. The topological polar surface area (TPSA) is 89.6 Å². The molecular formula is C7H9NO4S. The van der Waals surface area contributed by atoms with Gasteiger partial charge in [0.1, 0.15) is 16.4 Å². The maximum absolute atomic E-state index is 10.9. The van der Waals surface area contributed by atoms with Crippen LogP contribution in [0.1, 0.15) is 0 Å². The molecule has 0 aliphatic carbocycles. The van der Waals surface area contributed by atoms with Crippen LogP contribution < -0.4 is 9.88 Å². The van der Waals surface area contributed by atoms with Gasteiger partial charge in [0.15, 0.2) is 0 Å². The number of rotatable bonds is 2. The average Bonchev–Trinajstić information content (AvgIpc) is 2.03. The molecule has 72 valence electrons. The Hall–Kier alpha value is -1.27. The van der Waals surface area contributed by atoms with E-state index in [-0.39, 0.29) is 10.6 Å². The van der Waals surface area contributed by atoms with Crippen molar-refractivity contribution in [2.45, 2.75) is 4.90 Å². The molecule has 0 unspecified atom stereocenters. The van der Waals surface area contributed by atoms with Crippen molar-refractivity contribution in [2.75, 3.05) is 7.11 Å². The third kappa shape index (κ3) is 2.10. The van der Waals surface area contributed by atoms with Crippen molar-refractivity contribution in [2.24, 2.45) is 5.14 Å². The molecule has 1 aromatic rings. The van der Waals surface area contributed by atoms with Crippen LogP contribution in [0, 0.1) is 0 Å². The monoisotopic (exact) mass is 203 g/mol. The number of primary sulfonamides is 1. The van der Waals surface area contributed by atoms with Gasteiger partial charge in [-0.2, -0.15) is 0 Å². The van der Waals surface area contributed by atoms with Crippen LogP contribution in [0.25, 0.3) is 0 Å². The fourth-order valence-corrected chi connectivity index (χ4v) is 1.49. The SMILES string of the molecule is COc1ccc(O)c(S(N)(=O)=O)c1. The number of hydrogen-bond donors (Lipinski definition) is 2. The lowest BCUT2D eigenvalue weighted by molar-refractivity contribution is 0.408. The smallest absolute Gasteiger partial charge is 0.241 e. The third-order valence-corrected chi connectivity index (χ3v) is 2.41. The first-order chi connectivity index (χ1) is 5.95. The van der Waals surface area contributed by atoms with Crippen molar-refractivity contribution >= 4 is 10.0 Å². The standard InChI is InChI=1S/C7H9NO4S/c1-12-5-2-3-6(9)7(4-5)13(8,10)11/h2-4,9H,1H3,(H2,8,10,11). The van der Waals surface area contributed by atoms with Crippen LogP contribution >= 0.6 is 0 Å². The fourth-order valence-electron chi connectivity index (χ4n) is 0.849. The molecule has 0 aliphatic heterocycles. The van der Waals surface area contributed by atoms with Crippen LogP contribution in [0.15, 0.2) is 23.1 Å². The van der Waals surface area contributed by atoms with Crippen LogP contribution in [0.4, 0.5) is 0 Å². The second-order valence-electron chi connectivity index (χ2n) is 2.38. The summed E-state index contributed by atoms with van der Waals surface area (Å²) in [4.78, 5) is -0.341. The summed E-state index contributed by atoms with van der Waals surface area (Å²) in [5.41, 5.74) is 0. The maximum atomic E-state index is 10.9. The van der Waals surface area contributed by atoms with Gasteiger partial charge < -0.3 is 9.84 Å². The minimum Gasteiger partial charge on any atom is -0.507 e. The molecule has 0 amide bonds. The number of phenols is 1. The highest BCUT2D eigenvalue weighted by atomic mass is 32.2. The van der Waals surface area contributed by atoms with Crippen molar-refractivity contribution in [3.63, 3.8) is 0 Å². The Balaban J connectivity index is 3.36. The molecule has 0 atom stereocenters. The Kier molecular flexibility index (Phi) is 2.44. The van der Waals surface area contributed by atoms with E-state index in [2.05, 4.69) is 0 Å². The number of sulfonamides is 1. The van der Waals surface area contributed by atoms with Crippen LogP contribution in [0.5, 0.6) is 11.5 Å². The van der Waals surface area contributed by atoms with E-state index in [1.54, 1.807) is 0 Å². The third-order valence-electron chi connectivity index (χ3n) is 1.47. The zero-order valence-electron chi connectivity index (χ0n) is 6.89. The van der Waals surface area contributed by atoms with Gasteiger partial charge in [-0.3, -0.25) is 0 Å². The summed E-state index contributed by atoms with van der Waals surface area (Å²) < 4.78 is 26.5. The fraction of sp³-hybridized carbons (Fsp3) is 0.143. The Bertz CT molecular complexity index is 413. The molecule has 0 saturated heterocycles. The first-order valence-electron chi connectivity index (χ1n) is 3.35. The number of hydrogen-bond acceptors (Lipinski definition) is 4. The zero-order chi connectivity index (χ0) is 10.1. The lowest BCUT2D eigenvalue weighted by Gasteiger charge is -2.04. The maximum Gasteiger partial charge on any atom is 0.241 e. The van der Waals surface area contributed by atoms with Gasteiger partial charge in [0.25, 0.3) is 0 Å². The molecule has 0 fully saturated rings. The average molecular weight is 203 g/mol. The number of nitrogens with two attached hydrogens (primary N) is 1. The summed E-state index contributed by atoms with van der Waals surface area (Å²) in [7, 11) is -2.51. The highest BCUT2D eigenvalue weighted by Gasteiger charge is 2.14. The molecule has 6 heteroatoms. The van der Waals surface area contributed by atoms with E-state index >= 15 is 0 Å². The minimum absolute atomic E-state index is 0.321. The summed E-state index contributed by atoms with van der Waals surface area (Å²) in [5, 5.41) is 14.0. The molecule has 0 radical (unpaired) electrons. The van der Waals surface area contributed by atoms with Crippen molar-refractivity contribution in [3.8, 4) is 11.5 Å². The van der Waals surface area contributed by atoms with Gasteiger partial charge in [-0.1, -0.05) is 0 Å². The molecule has 0 spiro atoms. The highest BCUT2D eigenvalue weighted by molar-refractivity contribution is 7.89. The Morgan fingerprint density at radius 1 is 1.46 bits per heavy atom. The van der Waals surface area contributed by atoms with Crippen molar-refractivity contribution in [1.82, 2.24) is 0 Å². The van der Waals surface area contributed by atoms with Gasteiger partial charge in [0.2, 0.25) is 10.0 Å². The quantitative estimate of drug-likeness (QED) is 0.710. The second kappa shape index (κ2) is 3.23. The molecule has 1 aromatic carbocycles. The van der Waals surface area contributed by atoms with Crippen LogP contribution in [0.2, 0.25) is 0 Å². The molecule has 0 heterocycles. The molecule has 5 nitrogen and oxygen atoms in total. The number of methoxy groups -OCH3 is 1. The summed E-state index contributed by atoms with van der Waals surface area (Å²) >= 11 is 0. The van der Waals surface area contributed by atoms with Crippen LogP contribution in [-0.2, 0) is 10.0 Å². The summed E-state index contributed by atoms with van der Waals surface area (Å²) in [6.07, 6.45) is 0. The van der Waals surface area contributed by atoms with E-state index in [9.17, 15) is 8.42 Å². The van der Waals surface area contributed by atoms with Crippen LogP contribution in [-0.4, -0.2) is 20.6 Å². The number of phenolic OH excluding ortho intramolecular Hbond substituents is 1. The molecule has 1 rings (SSSR count). The molecule has 0 saturated carbocycles. The van der Waals surface area contributed by atoms with Gasteiger partial charge in [0.05, 0.1) is 7.11 Å². The lowest BCUT2D eigenvalue weighted by Crippen LogP contribution is -2.12. The van der Waals surface area contributed by atoms with Gasteiger partial charge in [-0.15, -0.1) is 0 Å². The Morgan fingerprint density at radius 3 is 2.54 bits per heavy atom. The highest BCUT2D eigenvalue weighted by Crippen LogP contribution is 2.25. The number of ether oxygens (including phenoxy) is 1. The van der Waals surface area contributed by atoms with Gasteiger partial charge in [0, 0.05) is 6.07 Å². The minimum atomic E-state index is -3.90. The molecule has 13 heavy (non-hydrogen) atoms. The van der Waals surface area contributed by atoms with Gasteiger partial charge in [-0.05, 0) is 12.1 Å². The number of benzene rings is 1. The van der Waals surface area contributed by atoms with Gasteiger partial charge in [-0.25, -0.2) is 13.6 Å². The predicted octanol–water partition coefficient (Wildman–Crippen LogP) is 0.0482. The second-order valence-corrected chi connectivity index (χ2v) is 3.91. The van der Waals surface area contributed by atoms with Crippen molar-refractivity contribution in [3.05, 3.63) is 18.2 Å². The Labute approximate surface area is 75.8 Å². The van der Waals surface area contributed by atoms with E-state index in [1.165, 1.54) is 19.2 Å². The molecule has 0 aliphatic rings. The van der Waals surface area contributed by atoms with E-state index in [4.69, 9.17) is 15.0 Å². The molecule has 0 bridgehead atoms. The first-order valence-corrected chi connectivity index (χ1v) is 4.89. The zero-order valence-corrected chi connectivity index (χ0v) is 7.71. The molecule has 0 aromatic heterocycles. The van der Waals surface area contributed by atoms with Crippen molar-refractivity contribution in [1.29, 1.82) is 0 Å². The normalized spacial score (nSPS) is 11.2. The first kappa shape index (κ1) is 9.82. The van der Waals surface area contributed by atoms with E-state index < -0.39 is 10.0 Å². The van der Waals surface area contributed by atoms with E-state index in [0.717, 1.165) is 6.07 Å². The largest absolute Gasteiger partial charge is 0.507 e. The summed E-state index contributed by atoms with van der Waals surface area (Å²) in [5.74, 6) is -0.0647. The van der Waals surface area contributed by atoms with Gasteiger partial charge >= 0.3 is 0 Å². The van der Waals surface area contributed by atoms with E-state index in [1.807, 2.05) is 0 Å². The van der Waals surface area contributed by atoms with E-state index in [0.29, 0.717) is 5.75 Å². The number of aromatic hydroxyl groups is 1. The summed E-state index contributed by atoms with van der Waals surface area (Å²) in [6, 6.07) is 3.80. The molecule has 3 N–H and O–H groups in total. The summed E-state index contributed by atoms with van der Waals surface area (Å²) in [6.45, 7) is 0. The lowest BCUT2D eigenvalue weighted by atomic mass is 10.3.